The first-order valence-electron chi connectivity index (χ1n) is 7.24. The van der Waals surface area contributed by atoms with Crippen LogP contribution in [0, 0.1) is 0 Å². The average molecular weight is 277 g/mol. The highest BCUT2D eigenvalue weighted by molar-refractivity contribution is 5.81. The monoisotopic (exact) mass is 277 g/mol. The molecule has 1 fully saturated rings. The summed E-state index contributed by atoms with van der Waals surface area (Å²) < 4.78 is 10.8. The molecule has 0 amide bonds. The Morgan fingerprint density at radius 2 is 2.20 bits per heavy atom. The van der Waals surface area contributed by atoms with Crippen molar-refractivity contribution >= 4 is 5.97 Å². The summed E-state index contributed by atoms with van der Waals surface area (Å²) in [5.74, 6) is -0.161. The van der Waals surface area contributed by atoms with E-state index in [-0.39, 0.29) is 12.1 Å². The molecular formula is C16H23NO3. The van der Waals surface area contributed by atoms with Crippen LogP contribution in [0.5, 0.6) is 0 Å². The molecule has 20 heavy (non-hydrogen) atoms. The summed E-state index contributed by atoms with van der Waals surface area (Å²) in [6, 6.07) is 10.1. The van der Waals surface area contributed by atoms with Crippen molar-refractivity contribution in [3.05, 3.63) is 35.9 Å². The number of carbonyl (C=O) groups excluding carboxylic acids is 1. The quantitative estimate of drug-likeness (QED) is 0.839. The lowest BCUT2D eigenvalue weighted by Gasteiger charge is -2.38. The number of ether oxygens (including phenoxy) is 2. The topological polar surface area (TPSA) is 47.6 Å². The number of benzene rings is 1. The molecule has 0 radical (unpaired) electrons. The zero-order valence-corrected chi connectivity index (χ0v) is 12.2. The highest BCUT2D eigenvalue weighted by Crippen LogP contribution is 2.27. The van der Waals surface area contributed by atoms with Crippen molar-refractivity contribution in [1.82, 2.24) is 5.32 Å². The van der Waals surface area contributed by atoms with Crippen LogP contribution in [0.2, 0.25) is 0 Å². The minimum absolute atomic E-state index is 0.0661. The van der Waals surface area contributed by atoms with Gasteiger partial charge in [-0.25, -0.2) is 0 Å². The van der Waals surface area contributed by atoms with Crippen LogP contribution in [0.25, 0.3) is 0 Å². The maximum atomic E-state index is 12.3. The summed E-state index contributed by atoms with van der Waals surface area (Å²) >= 11 is 0. The van der Waals surface area contributed by atoms with Crippen molar-refractivity contribution in [2.45, 2.75) is 44.9 Å². The molecule has 4 nitrogen and oxygen atoms in total. The Bertz CT molecular complexity index is 435. The molecule has 0 aromatic heterocycles. The van der Waals surface area contributed by atoms with Gasteiger partial charge >= 0.3 is 5.97 Å². The van der Waals surface area contributed by atoms with Crippen molar-refractivity contribution in [2.75, 3.05) is 13.2 Å². The lowest BCUT2D eigenvalue weighted by atomic mass is 9.86. The van der Waals surface area contributed by atoms with Gasteiger partial charge < -0.3 is 9.47 Å². The van der Waals surface area contributed by atoms with E-state index in [9.17, 15) is 4.79 Å². The van der Waals surface area contributed by atoms with Gasteiger partial charge in [0, 0.05) is 19.6 Å². The van der Waals surface area contributed by atoms with Crippen LogP contribution in [0.1, 0.15) is 32.3 Å². The molecule has 110 valence electrons. The van der Waals surface area contributed by atoms with Gasteiger partial charge in [0.25, 0.3) is 0 Å². The van der Waals surface area contributed by atoms with Gasteiger partial charge in [0.15, 0.2) is 0 Å². The molecule has 0 bridgehead atoms. The molecule has 0 spiro atoms. The van der Waals surface area contributed by atoms with E-state index in [1.54, 1.807) is 0 Å². The van der Waals surface area contributed by atoms with Crippen LogP contribution >= 0.6 is 0 Å². The Morgan fingerprint density at radius 1 is 1.45 bits per heavy atom. The van der Waals surface area contributed by atoms with Crippen molar-refractivity contribution < 1.29 is 14.3 Å². The van der Waals surface area contributed by atoms with Crippen molar-refractivity contribution in [3.63, 3.8) is 0 Å². The SMILES string of the molecule is CCOC(=O)C1(NCc2ccccc2)CCOC(C)C1. The first-order chi connectivity index (χ1) is 9.66. The van der Waals surface area contributed by atoms with Crippen LogP contribution in [0.15, 0.2) is 30.3 Å². The van der Waals surface area contributed by atoms with Crippen LogP contribution in [-0.2, 0) is 20.8 Å². The van der Waals surface area contributed by atoms with E-state index >= 15 is 0 Å². The maximum absolute atomic E-state index is 12.3. The summed E-state index contributed by atoms with van der Waals surface area (Å²) in [6.45, 7) is 5.49. The molecule has 1 heterocycles. The number of hydrogen-bond acceptors (Lipinski definition) is 4. The number of rotatable bonds is 5. The summed E-state index contributed by atoms with van der Waals surface area (Å²) in [6.07, 6.45) is 1.37. The van der Waals surface area contributed by atoms with E-state index in [2.05, 4.69) is 17.4 Å². The van der Waals surface area contributed by atoms with E-state index < -0.39 is 5.54 Å². The molecular weight excluding hydrogens is 254 g/mol. The Hall–Kier alpha value is -1.39. The highest BCUT2D eigenvalue weighted by atomic mass is 16.5. The third-order valence-electron chi connectivity index (χ3n) is 3.71. The van der Waals surface area contributed by atoms with Gasteiger partial charge in [0.05, 0.1) is 12.7 Å². The minimum atomic E-state index is -0.622. The number of carbonyl (C=O) groups is 1. The van der Waals surface area contributed by atoms with Gasteiger partial charge in [-0.15, -0.1) is 0 Å². The Kier molecular flexibility index (Phi) is 5.15. The predicted molar refractivity (Wildman–Crippen MR) is 77.3 cm³/mol. The fraction of sp³-hybridized carbons (Fsp3) is 0.562. The molecule has 1 aromatic rings. The van der Waals surface area contributed by atoms with Gasteiger partial charge in [-0.2, -0.15) is 0 Å². The number of nitrogens with one attached hydrogen (secondary N) is 1. The van der Waals surface area contributed by atoms with Crippen molar-refractivity contribution in [2.24, 2.45) is 0 Å². The third kappa shape index (κ3) is 3.58. The first-order valence-corrected chi connectivity index (χ1v) is 7.24. The molecule has 1 aliphatic heterocycles. The minimum Gasteiger partial charge on any atom is -0.465 e. The molecule has 1 saturated heterocycles. The largest absolute Gasteiger partial charge is 0.465 e. The third-order valence-corrected chi connectivity index (χ3v) is 3.71. The summed E-state index contributed by atoms with van der Waals surface area (Å²) in [4.78, 5) is 12.3. The normalized spacial score (nSPS) is 26.2. The molecule has 1 aromatic carbocycles. The number of hydrogen-bond donors (Lipinski definition) is 1. The van der Waals surface area contributed by atoms with Gasteiger partial charge in [-0.1, -0.05) is 30.3 Å². The van der Waals surface area contributed by atoms with Crippen LogP contribution in [0.3, 0.4) is 0 Å². The van der Waals surface area contributed by atoms with Gasteiger partial charge in [0.2, 0.25) is 0 Å². The highest BCUT2D eigenvalue weighted by Gasteiger charge is 2.43. The Labute approximate surface area is 120 Å². The van der Waals surface area contributed by atoms with Gasteiger partial charge in [-0.3, -0.25) is 10.1 Å². The lowest BCUT2D eigenvalue weighted by Crippen LogP contribution is -2.57. The standard InChI is InChI=1S/C16H23NO3/c1-3-19-15(18)16(9-10-20-13(2)11-16)17-12-14-7-5-4-6-8-14/h4-8,13,17H,3,9-12H2,1-2H3. The van der Waals surface area contributed by atoms with Gasteiger partial charge in [-0.05, 0) is 25.8 Å². The van der Waals surface area contributed by atoms with E-state index in [1.807, 2.05) is 32.0 Å². The summed E-state index contributed by atoms with van der Waals surface area (Å²) in [7, 11) is 0. The smallest absolute Gasteiger partial charge is 0.326 e. The zero-order chi connectivity index (χ0) is 14.4. The number of esters is 1. The van der Waals surface area contributed by atoms with E-state index in [0.29, 0.717) is 32.6 Å². The molecule has 1 N–H and O–H groups in total. The fourth-order valence-corrected chi connectivity index (χ4v) is 2.64. The molecule has 4 heteroatoms. The van der Waals surface area contributed by atoms with E-state index in [4.69, 9.17) is 9.47 Å². The molecule has 2 unspecified atom stereocenters. The Morgan fingerprint density at radius 3 is 2.85 bits per heavy atom. The maximum Gasteiger partial charge on any atom is 0.326 e. The molecule has 2 rings (SSSR count). The summed E-state index contributed by atoms with van der Waals surface area (Å²) in [5.41, 5.74) is 0.541. The van der Waals surface area contributed by atoms with Crippen LogP contribution in [0.4, 0.5) is 0 Å². The van der Waals surface area contributed by atoms with Crippen LogP contribution < -0.4 is 5.32 Å². The summed E-state index contributed by atoms with van der Waals surface area (Å²) in [5, 5.41) is 3.41. The van der Waals surface area contributed by atoms with E-state index in [1.165, 1.54) is 0 Å². The van der Waals surface area contributed by atoms with Crippen molar-refractivity contribution in [1.29, 1.82) is 0 Å². The fourth-order valence-electron chi connectivity index (χ4n) is 2.64. The zero-order valence-electron chi connectivity index (χ0n) is 12.2. The second kappa shape index (κ2) is 6.86. The average Bonchev–Trinajstić information content (AvgIpc) is 2.46. The molecule has 0 aliphatic carbocycles. The second-order valence-corrected chi connectivity index (χ2v) is 5.28. The molecule has 0 saturated carbocycles. The van der Waals surface area contributed by atoms with Crippen LogP contribution in [-0.4, -0.2) is 30.8 Å². The van der Waals surface area contributed by atoms with E-state index in [0.717, 1.165) is 5.56 Å². The predicted octanol–water partition coefficient (Wildman–Crippen LogP) is 2.28. The van der Waals surface area contributed by atoms with Crippen molar-refractivity contribution in [3.8, 4) is 0 Å². The molecule has 2 atom stereocenters. The second-order valence-electron chi connectivity index (χ2n) is 5.28. The molecule has 1 aliphatic rings. The first kappa shape index (κ1) is 15.0. The lowest BCUT2D eigenvalue weighted by molar-refractivity contribution is -0.158. The van der Waals surface area contributed by atoms with Gasteiger partial charge in [0.1, 0.15) is 5.54 Å². The Balaban J connectivity index is 2.08.